The minimum Gasteiger partial charge on any atom is -0.383 e. The molecule has 0 radical (unpaired) electrons. The quantitative estimate of drug-likeness (QED) is 0.809. The Morgan fingerprint density at radius 3 is 3.00 bits per heavy atom. The summed E-state index contributed by atoms with van der Waals surface area (Å²) in [6.45, 7) is 3.06. The summed E-state index contributed by atoms with van der Waals surface area (Å²) in [5.41, 5.74) is 1.89. The summed E-state index contributed by atoms with van der Waals surface area (Å²) in [6, 6.07) is 6.08. The highest BCUT2D eigenvalue weighted by molar-refractivity contribution is 5.56. The number of anilines is 1. The molecule has 1 heterocycles. The van der Waals surface area contributed by atoms with Crippen molar-refractivity contribution < 1.29 is 9.13 Å². The summed E-state index contributed by atoms with van der Waals surface area (Å²) in [6.07, 6.45) is 3.89. The van der Waals surface area contributed by atoms with Crippen molar-refractivity contribution in [3.8, 4) is 0 Å². The third-order valence-corrected chi connectivity index (χ3v) is 4.60. The van der Waals surface area contributed by atoms with E-state index < -0.39 is 0 Å². The van der Waals surface area contributed by atoms with E-state index in [0.717, 1.165) is 30.3 Å². The predicted molar refractivity (Wildman–Crippen MR) is 78.5 cm³/mol. The molecule has 2 unspecified atom stereocenters. The Labute approximate surface area is 120 Å². The molecule has 2 bridgehead atoms. The van der Waals surface area contributed by atoms with E-state index in [1.807, 2.05) is 6.07 Å². The molecule has 0 amide bonds. The standard InChI is InChI=1S/C16H23FN2O/c1-20-8-7-18-10-14-15(17)3-2-4-16(14)19-11-12-5-6-13(19)9-12/h2-4,12-13,18H,5-11H2,1H3. The van der Waals surface area contributed by atoms with Gasteiger partial charge in [0.15, 0.2) is 0 Å². The van der Waals surface area contributed by atoms with E-state index in [9.17, 15) is 4.39 Å². The highest BCUT2D eigenvalue weighted by atomic mass is 19.1. The molecule has 1 saturated carbocycles. The molecule has 1 N–H and O–H groups in total. The number of piperidine rings is 1. The highest BCUT2D eigenvalue weighted by Gasteiger charge is 2.38. The molecule has 20 heavy (non-hydrogen) atoms. The lowest BCUT2D eigenvalue weighted by molar-refractivity contribution is 0.199. The van der Waals surface area contributed by atoms with Crippen LogP contribution in [0.5, 0.6) is 0 Å². The first kappa shape index (κ1) is 13.8. The number of ether oxygens (including phenoxy) is 1. The Hall–Kier alpha value is -1.13. The maximum Gasteiger partial charge on any atom is 0.129 e. The second-order valence-corrected chi connectivity index (χ2v) is 5.89. The lowest BCUT2D eigenvalue weighted by Gasteiger charge is -2.31. The minimum atomic E-state index is -0.102. The Morgan fingerprint density at radius 1 is 1.40 bits per heavy atom. The fourth-order valence-corrected chi connectivity index (χ4v) is 3.60. The van der Waals surface area contributed by atoms with Gasteiger partial charge in [-0.15, -0.1) is 0 Å². The second-order valence-electron chi connectivity index (χ2n) is 5.89. The van der Waals surface area contributed by atoms with Crippen LogP contribution in [0.15, 0.2) is 18.2 Å². The number of nitrogens with zero attached hydrogens (tertiary/aromatic N) is 1. The maximum atomic E-state index is 14.2. The van der Waals surface area contributed by atoms with Gasteiger partial charge in [0.05, 0.1) is 6.61 Å². The molecule has 2 aliphatic rings. The molecule has 0 aromatic heterocycles. The number of hydrogen-bond acceptors (Lipinski definition) is 3. The summed E-state index contributed by atoms with van der Waals surface area (Å²) in [4.78, 5) is 2.42. The molecule has 1 aromatic rings. The lowest BCUT2D eigenvalue weighted by Crippen LogP contribution is -2.33. The molecule has 2 fully saturated rings. The largest absolute Gasteiger partial charge is 0.383 e. The molecular weight excluding hydrogens is 255 g/mol. The summed E-state index contributed by atoms with van der Waals surface area (Å²) in [7, 11) is 1.68. The van der Waals surface area contributed by atoms with Gasteiger partial charge in [-0.3, -0.25) is 0 Å². The first-order chi connectivity index (χ1) is 9.79. The van der Waals surface area contributed by atoms with Crippen molar-refractivity contribution in [1.82, 2.24) is 5.32 Å². The van der Waals surface area contributed by atoms with Crippen LogP contribution in [0, 0.1) is 11.7 Å². The third kappa shape index (κ3) is 2.67. The van der Waals surface area contributed by atoms with E-state index in [1.54, 1.807) is 13.2 Å². The Bertz CT molecular complexity index is 466. The predicted octanol–water partition coefficient (Wildman–Crippen LogP) is 2.55. The summed E-state index contributed by atoms with van der Waals surface area (Å²) < 4.78 is 19.2. The molecule has 4 heteroatoms. The van der Waals surface area contributed by atoms with E-state index >= 15 is 0 Å². The molecule has 1 aliphatic carbocycles. The van der Waals surface area contributed by atoms with E-state index in [1.165, 1.54) is 19.3 Å². The molecule has 2 atom stereocenters. The Kier molecular flexibility index (Phi) is 4.22. The van der Waals surface area contributed by atoms with Crippen LogP contribution < -0.4 is 10.2 Å². The van der Waals surface area contributed by atoms with Gasteiger partial charge in [0.25, 0.3) is 0 Å². The molecule has 3 rings (SSSR count). The molecule has 1 saturated heterocycles. The van der Waals surface area contributed by atoms with Crippen LogP contribution in [0.25, 0.3) is 0 Å². The maximum absolute atomic E-state index is 14.2. The molecular formula is C16H23FN2O. The number of methoxy groups -OCH3 is 1. The van der Waals surface area contributed by atoms with Gasteiger partial charge in [-0.25, -0.2) is 4.39 Å². The van der Waals surface area contributed by atoms with Crippen LogP contribution in [0.4, 0.5) is 10.1 Å². The van der Waals surface area contributed by atoms with Crippen molar-refractivity contribution in [1.29, 1.82) is 0 Å². The molecule has 0 spiro atoms. The number of fused-ring (bicyclic) bond motifs is 2. The fourth-order valence-electron chi connectivity index (χ4n) is 3.60. The van der Waals surface area contributed by atoms with Gasteiger partial charge >= 0.3 is 0 Å². The smallest absolute Gasteiger partial charge is 0.129 e. The summed E-state index contributed by atoms with van der Waals surface area (Å²) in [5.74, 6) is 0.716. The average Bonchev–Trinajstić information content (AvgIpc) is 3.07. The van der Waals surface area contributed by atoms with Crippen molar-refractivity contribution in [2.75, 3.05) is 31.7 Å². The lowest BCUT2D eigenvalue weighted by atomic mass is 10.1. The second kappa shape index (κ2) is 6.10. The SMILES string of the molecule is COCCNCc1c(F)cccc1N1CC2CCC1C2. The Morgan fingerprint density at radius 2 is 2.30 bits per heavy atom. The number of benzene rings is 1. The van der Waals surface area contributed by atoms with Gasteiger partial charge < -0.3 is 15.0 Å². The van der Waals surface area contributed by atoms with E-state index in [2.05, 4.69) is 16.3 Å². The van der Waals surface area contributed by atoms with E-state index in [-0.39, 0.29) is 5.82 Å². The minimum absolute atomic E-state index is 0.102. The fraction of sp³-hybridized carbons (Fsp3) is 0.625. The summed E-state index contributed by atoms with van der Waals surface area (Å²) in [5, 5.41) is 3.26. The van der Waals surface area contributed by atoms with Gasteiger partial charge in [-0.2, -0.15) is 0 Å². The first-order valence-corrected chi connectivity index (χ1v) is 7.53. The normalized spacial score (nSPS) is 24.6. The van der Waals surface area contributed by atoms with E-state index in [0.29, 0.717) is 19.2 Å². The van der Waals surface area contributed by atoms with Crippen molar-refractivity contribution in [3.63, 3.8) is 0 Å². The van der Waals surface area contributed by atoms with Crippen molar-refractivity contribution >= 4 is 5.69 Å². The van der Waals surface area contributed by atoms with Crippen molar-refractivity contribution in [2.24, 2.45) is 5.92 Å². The van der Waals surface area contributed by atoms with Gasteiger partial charge in [0, 0.05) is 44.0 Å². The number of rotatable bonds is 6. The van der Waals surface area contributed by atoms with Crippen molar-refractivity contribution in [2.45, 2.75) is 31.8 Å². The molecule has 1 aliphatic heterocycles. The van der Waals surface area contributed by atoms with Crippen LogP contribution in [0.2, 0.25) is 0 Å². The third-order valence-electron chi connectivity index (χ3n) is 4.60. The Balaban J connectivity index is 1.74. The van der Waals surface area contributed by atoms with E-state index in [4.69, 9.17) is 4.74 Å². The van der Waals surface area contributed by atoms with Crippen LogP contribution in [0.1, 0.15) is 24.8 Å². The van der Waals surface area contributed by atoms with Gasteiger partial charge in [0.1, 0.15) is 5.82 Å². The molecule has 3 nitrogen and oxygen atoms in total. The van der Waals surface area contributed by atoms with Crippen molar-refractivity contribution in [3.05, 3.63) is 29.6 Å². The van der Waals surface area contributed by atoms with Crippen LogP contribution >= 0.6 is 0 Å². The number of hydrogen-bond donors (Lipinski definition) is 1. The van der Waals surface area contributed by atoms with Gasteiger partial charge in [-0.05, 0) is 37.3 Å². The monoisotopic (exact) mass is 278 g/mol. The molecule has 110 valence electrons. The van der Waals surface area contributed by atoms with Gasteiger partial charge in [-0.1, -0.05) is 6.07 Å². The van der Waals surface area contributed by atoms with Crippen LogP contribution in [-0.2, 0) is 11.3 Å². The first-order valence-electron chi connectivity index (χ1n) is 7.53. The molecule has 1 aromatic carbocycles. The highest BCUT2D eigenvalue weighted by Crippen LogP contribution is 2.41. The number of halogens is 1. The topological polar surface area (TPSA) is 24.5 Å². The zero-order chi connectivity index (χ0) is 13.9. The number of nitrogens with one attached hydrogen (secondary N) is 1. The van der Waals surface area contributed by atoms with Crippen LogP contribution in [-0.4, -0.2) is 32.8 Å². The van der Waals surface area contributed by atoms with Crippen LogP contribution in [0.3, 0.4) is 0 Å². The van der Waals surface area contributed by atoms with Gasteiger partial charge in [0.2, 0.25) is 0 Å². The average molecular weight is 278 g/mol. The summed E-state index contributed by atoms with van der Waals surface area (Å²) >= 11 is 0. The zero-order valence-corrected chi connectivity index (χ0v) is 12.1. The zero-order valence-electron chi connectivity index (χ0n) is 12.1.